The van der Waals surface area contributed by atoms with Gasteiger partial charge in [0.25, 0.3) is 0 Å². The fourth-order valence-corrected chi connectivity index (χ4v) is 1.81. The lowest BCUT2D eigenvalue weighted by Crippen LogP contribution is -2.06. The van der Waals surface area contributed by atoms with Gasteiger partial charge in [-0.2, -0.15) is 0 Å². The summed E-state index contributed by atoms with van der Waals surface area (Å²) in [6.07, 6.45) is 2.13. The molecule has 0 aliphatic rings. The first-order valence-corrected chi connectivity index (χ1v) is 6.55. The van der Waals surface area contributed by atoms with Crippen LogP contribution in [0.4, 0.5) is 11.6 Å². The van der Waals surface area contributed by atoms with E-state index >= 15 is 0 Å². The third-order valence-corrected chi connectivity index (χ3v) is 2.84. The van der Waals surface area contributed by atoms with E-state index in [1.807, 2.05) is 6.92 Å². The Labute approximate surface area is 122 Å². The van der Waals surface area contributed by atoms with Gasteiger partial charge in [-0.1, -0.05) is 19.1 Å². The van der Waals surface area contributed by atoms with Gasteiger partial charge in [-0.05, 0) is 18.6 Å². The summed E-state index contributed by atoms with van der Waals surface area (Å²) >= 11 is 0. The number of methoxy groups -OCH3 is 1. The molecule has 1 aromatic carbocycles. The lowest BCUT2D eigenvalue weighted by molar-refractivity contribution is -0.384. The molecule has 0 bridgehead atoms. The van der Waals surface area contributed by atoms with Crippen molar-refractivity contribution in [2.45, 2.75) is 13.3 Å². The molecule has 21 heavy (non-hydrogen) atoms. The molecule has 0 aliphatic heterocycles. The molecule has 0 unspecified atom stereocenters. The van der Waals surface area contributed by atoms with E-state index < -0.39 is 4.92 Å². The third kappa shape index (κ3) is 3.44. The predicted molar refractivity (Wildman–Crippen MR) is 79.5 cm³/mol. The number of aromatic nitrogens is 2. The monoisotopic (exact) mass is 288 g/mol. The van der Waals surface area contributed by atoms with E-state index in [1.165, 1.54) is 6.20 Å². The highest BCUT2D eigenvalue weighted by Gasteiger charge is 2.19. The molecule has 1 N–H and O–H groups in total. The third-order valence-electron chi connectivity index (χ3n) is 2.84. The van der Waals surface area contributed by atoms with E-state index in [1.54, 1.807) is 31.4 Å². The molecule has 0 saturated carbocycles. The maximum Gasteiger partial charge on any atom is 0.313 e. The summed E-state index contributed by atoms with van der Waals surface area (Å²) < 4.78 is 5.14. The molecular formula is C14H16N4O3. The van der Waals surface area contributed by atoms with Crippen molar-refractivity contribution in [2.24, 2.45) is 0 Å². The largest absolute Gasteiger partial charge is 0.497 e. The van der Waals surface area contributed by atoms with Crippen molar-refractivity contribution in [3.8, 4) is 17.0 Å². The van der Waals surface area contributed by atoms with Crippen LogP contribution < -0.4 is 10.1 Å². The van der Waals surface area contributed by atoms with Gasteiger partial charge in [0.2, 0.25) is 5.95 Å². The van der Waals surface area contributed by atoms with E-state index in [2.05, 4.69) is 15.3 Å². The molecule has 0 radical (unpaired) electrons. The summed E-state index contributed by atoms with van der Waals surface area (Å²) in [5.74, 6) is 0.990. The predicted octanol–water partition coefficient (Wildman–Crippen LogP) is 2.88. The Kier molecular flexibility index (Phi) is 4.65. The number of benzene rings is 1. The Morgan fingerprint density at radius 2 is 2.24 bits per heavy atom. The summed E-state index contributed by atoms with van der Waals surface area (Å²) in [4.78, 5) is 18.9. The van der Waals surface area contributed by atoms with Gasteiger partial charge in [0, 0.05) is 12.1 Å². The Morgan fingerprint density at radius 1 is 1.43 bits per heavy atom. The summed E-state index contributed by atoms with van der Waals surface area (Å²) in [7, 11) is 1.54. The second-order valence-electron chi connectivity index (χ2n) is 4.34. The Hall–Kier alpha value is -2.70. The molecule has 110 valence electrons. The quantitative estimate of drug-likeness (QED) is 0.649. The lowest BCUT2D eigenvalue weighted by atomic mass is 10.1. The Morgan fingerprint density at radius 3 is 2.90 bits per heavy atom. The fourth-order valence-electron chi connectivity index (χ4n) is 1.81. The molecule has 7 heteroatoms. The molecule has 0 aliphatic carbocycles. The lowest BCUT2D eigenvalue weighted by Gasteiger charge is -2.07. The Balaban J connectivity index is 2.49. The zero-order valence-corrected chi connectivity index (χ0v) is 11.9. The highest BCUT2D eigenvalue weighted by molar-refractivity contribution is 5.71. The molecule has 1 heterocycles. The standard InChI is InChI=1S/C14H16N4O3/c1-3-7-15-14-16-9-12(18(19)20)13(17-14)10-5-4-6-11(8-10)21-2/h4-6,8-9H,3,7H2,1-2H3,(H,15,16,17). The van der Waals surface area contributed by atoms with Crippen LogP contribution in [0.25, 0.3) is 11.3 Å². The number of anilines is 1. The van der Waals surface area contributed by atoms with Crippen molar-refractivity contribution in [3.63, 3.8) is 0 Å². The molecule has 0 atom stereocenters. The average Bonchev–Trinajstić information content (AvgIpc) is 2.52. The number of hydrogen-bond acceptors (Lipinski definition) is 6. The van der Waals surface area contributed by atoms with Gasteiger partial charge < -0.3 is 10.1 Å². The first-order valence-electron chi connectivity index (χ1n) is 6.55. The van der Waals surface area contributed by atoms with Crippen LogP contribution >= 0.6 is 0 Å². The van der Waals surface area contributed by atoms with Crippen molar-refractivity contribution < 1.29 is 9.66 Å². The van der Waals surface area contributed by atoms with Gasteiger partial charge in [-0.15, -0.1) is 0 Å². The molecular weight excluding hydrogens is 272 g/mol. The number of rotatable bonds is 6. The summed E-state index contributed by atoms with van der Waals surface area (Å²) in [6.45, 7) is 2.72. The number of nitrogens with one attached hydrogen (secondary N) is 1. The first kappa shape index (κ1) is 14.7. The van der Waals surface area contributed by atoms with E-state index in [0.29, 0.717) is 23.8 Å². The minimum atomic E-state index is -0.488. The minimum Gasteiger partial charge on any atom is -0.497 e. The minimum absolute atomic E-state index is 0.134. The van der Waals surface area contributed by atoms with E-state index in [-0.39, 0.29) is 11.4 Å². The van der Waals surface area contributed by atoms with Crippen LogP contribution in [0.15, 0.2) is 30.5 Å². The maximum atomic E-state index is 11.1. The molecule has 1 aromatic heterocycles. The number of hydrogen-bond donors (Lipinski definition) is 1. The van der Waals surface area contributed by atoms with Crippen molar-refractivity contribution in [3.05, 3.63) is 40.6 Å². The highest BCUT2D eigenvalue weighted by atomic mass is 16.6. The molecule has 0 fully saturated rings. The smallest absolute Gasteiger partial charge is 0.313 e. The van der Waals surface area contributed by atoms with E-state index in [0.717, 1.165) is 6.42 Å². The van der Waals surface area contributed by atoms with Gasteiger partial charge in [-0.25, -0.2) is 9.97 Å². The van der Waals surface area contributed by atoms with Crippen LogP contribution in [0.2, 0.25) is 0 Å². The zero-order chi connectivity index (χ0) is 15.2. The number of nitrogens with zero attached hydrogens (tertiary/aromatic N) is 3. The van der Waals surface area contributed by atoms with E-state index in [9.17, 15) is 10.1 Å². The van der Waals surface area contributed by atoms with Gasteiger partial charge in [0.05, 0.1) is 12.0 Å². The summed E-state index contributed by atoms with van der Waals surface area (Å²) in [5, 5.41) is 14.2. The average molecular weight is 288 g/mol. The normalized spacial score (nSPS) is 10.2. The van der Waals surface area contributed by atoms with Gasteiger partial charge >= 0.3 is 5.69 Å². The SMILES string of the molecule is CCCNc1ncc([N+](=O)[O-])c(-c2cccc(OC)c2)n1. The summed E-state index contributed by atoms with van der Waals surface area (Å²) in [5.41, 5.74) is 0.751. The number of nitro groups is 1. The van der Waals surface area contributed by atoms with Crippen LogP contribution in [-0.2, 0) is 0 Å². The van der Waals surface area contributed by atoms with Crippen LogP contribution in [0.5, 0.6) is 5.75 Å². The fraction of sp³-hybridized carbons (Fsp3) is 0.286. The van der Waals surface area contributed by atoms with Crippen molar-refractivity contribution in [1.82, 2.24) is 9.97 Å². The highest BCUT2D eigenvalue weighted by Crippen LogP contribution is 2.30. The topological polar surface area (TPSA) is 90.2 Å². The zero-order valence-electron chi connectivity index (χ0n) is 11.9. The van der Waals surface area contributed by atoms with Gasteiger partial charge in [0.1, 0.15) is 11.9 Å². The van der Waals surface area contributed by atoms with Gasteiger partial charge in [0.15, 0.2) is 5.69 Å². The second-order valence-corrected chi connectivity index (χ2v) is 4.34. The molecule has 2 rings (SSSR count). The van der Waals surface area contributed by atoms with Crippen LogP contribution in [-0.4, -0.2) is 28.5 Å². The van der Waals surface area contributed by atoms with Crippen molar-refractivity contribution >= 4 is 11.6 Å². The maximum absolute atomic E-state index is 11.1. The molecule has 7 nitrogen and oxygen atoms in total. The Bertz CT molecular complexity index is 646. The van der Waals surface area contributed by atoms with Crippen LogP contribution in [0.3, 0.4) is 0 Å². The van der Waals surface area contributed by atoms with Gasteiger partial charge in [-0.3, -0.25) is 10.1 Å². The molecule has 2 aromatic rings. The van der Waals surface area contributed by atoms with Crippen LogP contribution in [0, 0.1) is 10.1 Å². The molecule has 0 amide bonds. The molecule has 0 spiro atoms. The van der Waals surface area contributed by atoms with Crippen molar-refractivity contribution in [2.75, 3.05) is 19.0 Å². The second kappa shape index (κ2) is 6.65. The van der Waals surface area contributed by atoms with Crippen molar-refractivity contribution in [1.29, 1.82) is 0 Å². The number of ether oxygens (including phenoxy) is 1. The van der Waals surface area contributed by atoms with E-state index in [4.69, 9.17) is 4.74 Å². The summed E-state index contributed by atoms with van der Waals surface area (Å²) in [6, 6.07) is 6.99. The first-order chi connectivity index (χ1) is 10.2. The van der Waals surface area contributed by atoms with Crippen LogP contribution in [0.1, 0.15) is 13.3 Å². The molecule has 0 saturated heterocycles.